The van der Waals surface area contributed by atoms with Crippen LogP contribution in [0.3, 0.4) is 0 Å². The minimum Gasteiger partial charge on any atom is -0.493 e. The Morgan fingerprint density at radius 1 is 0.923 bits per heavy atom. The number of carbonyl (C=O) groups is 2. The number of nitrogens with zero attached hydrogens (tertiary/aromatic N) is 3. The van der Waals surface area contributed by atoms with Crippen molar-refractivity contribution in [1.29, 1.82) is 0 Å². The lowest BCUT2D eigenvalue weighted by Gasteiger charge is -2.22. The van der Waals surface area contributed by atoms with Crippen LogP contribution < -0.4 is 14.8 Å². The summed E-state index contributed by atoms with van der Waals surface area (Å²) in [6.45, 7) is 2.34. The van der Waals surface area contributed by atoms with Crippen molar-refractivity contribution in [2.75, 3.05) is 46.3 Å². The van der Waals surface area contributed by atoms with Gasteiger partial charge in [-0.2, -0.15) is 0 Å². The molecule has 4 rings (SSSR count). The molecule has 9 heteroatoms. The van der Waals surface area contributed by atoms with E-state index in [1.807, 2.05) is 61.7 Å². The molecule has 0 spiro atoms. The predicted octanol–water partition coefficient (Wildman–Crippen LogP) is 4.59. The fourth-order valence-electron chi connectivity index (χ4n) is 4.06. The van der Waals surface area contributed by atoms with E-state index in [1.165, 1.54) is 4.90 Å². The zero-order valence-corrected chi connectivity index (χ0v) is 22.5. The maximum absolute atomic E-state index is 13.3. The van der Waals surface area contributed by atoms with Gasteiger partial charge < -0.3 is 19.1 Å². The minimum absolute atomic E-state index is 0.171. The summed E-state index contributed by atoms with van der Waals surface area (Å²) >= 11 is 0. The number of hydrogen-bond donors (Lipinski definition) is 1. The number of methoxy groups -OCH3 is 3. The highest BCUT2D eigenvalue weighted by molar-refractivity contribution is 5.99. The van der Waals surface area contributed by atoms with E-state index in [9.17, 15) is 9.59 Å². The summed E-state index contributed by atoms with van der Waals surface area (Å²) in [5.74, 6) is 0.782. The normalized spacial score (nSPS) is 10.7. The van der Waals surface area contributed by atoms with Crippen LogP contribution >= 0.6 is 0 Å². The SMILES string of the molecule is COCCN(CC(=O)Nc1nc(-c2ccccc2)cn1-c1ccc(OC)c(OC)c1)C(=O)c1ccc(C)cc1. The number of nitrogens with one attached hydrogen (secondary N) is 1. The van der Waals surface area contributed by atoms with Gasteiger partial charge in [0.25, 0.3) is 5.91 Å². The van der Waals surface area contributed by atoms with E-state index in [1.54, 1.807) is 50.2 Å². The first kappa shape index (κ1) is 27.4. The van der Waals surface area contributed by atoms with Gasteiger partial charge in [0, 0.05) is 37.0 Å². The number of anilines is 1. The van der Waals surface area contributed by atoms with Crippen molar-refractivity contribution in [3.8, 4) is 28.4 Å². The third-order valence-electron chi connectivity index (χ3n) is 6.16. The van der Waals surface area contributed by atoms with Gasteiger partial charge in [-0.15, -0.1) is 0 Å². The molecule has 4 aromatic rings. The molecule has 0 aliphatic rings. The molecule has 0 bridgehead atoms. The summed E-state index contributed by atoms with van der Waals surface area (Å²) in [5.41, 5.74) is 3.83. The Kier molecular flexibility index (Phi) is 8.96. The average Bonchev–Trinajstić information content (AvgIpc) is 3.38. The summed E-state index contributed by atoms with van der Waals surface area (Å²) in [5, 5.41) is 2.89. The van der Waals surface area contributed by atoms with E-state index >= 15 is 0 Å². The van der Waals surface area contributed by atoms with Gasteiger partial charge in [0.05, 0.1) is 32.2 Å². The molecule has 0 atom stereocenters. The van der Waals surface area contributed by atoms with E-state index in [-0.39, 0.29) is 19.0 Å². The predicted molar refractivity (Wildman–Crippen MR) is 150 cm³/mol. The van der Waals surface area contributed by atoms with Crippen LogP contribution in [-0.2, 0) is 9.53 Å². The van der Waals surface area contributed by atoms with Crippen molar-refractivity contribution >= 4 is 17.8 Å². The second-order valence-corrected chi connectivity index (χ2v) is 8.86. The van der Waals surface area contributed by atoms with E-state index in [4.69, 9.17) is 19.2 Å². The zero-order chi connectivity index (χ0) is 27.8. The van der Waals surface area contributed by atoms with E-state index in [2.05, 4.69) is 5.32 Å². The number of rotatable bonds is 11. The van der Waals surface area contributed by atoms with E-state index in [0.29, 0.717) is 41.0 Å². The maximum Gasteiger partial charge on any atom is 0.254 e. The number of carbonyl (C=O) groups excluding carboxylic acids is 2. The molecule has 0 aliphatic heterocycles. The summed E-state index contributed by atoms with van der Waals surface area (Å²) in [4.78, 5) is 32.7. The van der Waals surface area contributed by atoms with Crippen LogP contribution in [0.25, 0.3) is 16.9 Å². The monoisotopic (exact) mass is 528 g/mol. The molecule has 9 nitrogen and oxygen atoms in total. The van der Waals surface area contributed by atoms with Crippen LogP contribution in [0.5, 0.6) is 11.5 Å². The largest absolute Gasteiger partial charge is 0.493 e. The van der Waals surface area contributed by atoms with Gasteiger partial charge in [-0.3, -0.25) is 19.5 Å². The Morgan fingerprint density at radius 2 is 1.64 bits per heavy atom. The van der Waals surface area contributed by atoms with Crippen LogP contribution in [-0.4, -0.2) is 67.3 Å². The number of aryl methyl sites for hydroxylation is 1. The van der Waals surface area contributed by atoms with Gasteiger partial charge in [0.2, 0.25) is 11.9 Å². The van der Waals surface area contributed by atoms with Gasteiger partial charge in [-0.1, -0.05) is 48.0 Å². The van der Waals surface area contributed by atoms with Gasteiger partial charge in [0.15, 0.2) is 11.5 Å². The quantitative estimate of drug-likeness (QED) is 0.306. The second-order valence-electron chi connectivity index (χ2n) is 8.86. The number of hydrogen-bond acceptors (Lipinski definition) is 6. The van der Waals surface area contributed by atoms with E-state index in [0.717, 1.165) is 11.1 Å². The third kappa shape index (κ3) is 6.63. The summed E-state index contributed by atoms with van der Waals surface area (Å²) < 4.78 is 17.8. The van der Waals surface area contributed by atoms with Crippen molar-refractivity contribution in [2.45, 2.75) is 6.92 Å². The molecule has 0 radical (unpaired) electrons. The molecular formula is C30H32N4O5. The number of ether oxygens (including phenoxy) is 3. The number of aromatic nitrogens is 2. The Balaban J connectivity index is 1.64. The topological polar surface area (TPSA) is 94.9 Å². The second kappa shape index (κ2) is 12.7. The number of amides is 2. The average molecular weight is 529 g/mol. The fraction of sp³-hybridized carbons (Fsp3) is 0.233. The Morgan fingerprint density at radius 3 is 2.31 bits per heavy atom. The highest BCUT2D eigenvalue weighted by Gasteiger charge is 2.21. The van der Waals surface area contributed by atoms with Crippen molar-refractivity contribution < 1.29 is 23.8 Å². The molecule has 1 heterocycles. The lowest BCUT2D eigenvalue weighted by atomic mass is 10.1. The Labute approximate surface area is 227 Å². The molecule has 2 amide bonds. The third-order valence-corrected chi connectivity index (χ3v) is 6.16. The van der Waals surface area contributed by atoms with Gasteiger partial charge in [-0.05, 0) is 31.2 Å². The molecule has 1 N–H and O–H groups in total. The standard InChI is InChI=1S/C30H32N4O5/c1-21-10-12-23(13-11-21)29(36)33(16-17-37-2)20-28(35)32-30-31-25(22-8-6-5-7-9-22)19-34(30)24-14-15-26(38-3)27(18-24)39-4/h5-15,18-19H,16-17,20H2,1-4H3,(H,31,32,35). The molecule has 3 aromatic carbocycles. The molecule has 0 fully saturated rings. The van der Waals surface area contributed by atoms with Crippen LogP contribution in [0.4, 0.5) is 5.95 Å². The first-order valence-corrected chi connectivity index (χ1v) is 12.5. The lowest BCUT2D eigenvalue weighted by molar-refractivity contribution is -0.117. The van der Waals surface area contributed by atoms with Crippen molar-refractivity contribution in [3.63, 3.8) is 0 Å². The fourth-order valence-corrected chi connectivity index (χ4v) is 4.06. The molecule has 1 aromatic heterocycles. The number of benzene rings is 3. The number of imidazole rings is 1. The van der Waals surface area contributed by atoms with Crippen molar-refractivity contribution in [2.24, 2.45) is 0 Å². The summed E-state index contributed by atoms with van der Waals surface area (Å²) in [7, 11) is 4.69. The van der Waals surface area contributed by atoms with Crippen molar-refractivity contribution in [1.82, 2.24) is 14.5 Å². The first-order valence-electron chi connectivity index (χ1n) is 12.5. The summed E-state index contributed by atoms with van der Waals surface area (Å²) in [6.07, 6.45) is 1.84. The molecule has 39 heavy (non-hydrogen) atoms. The van der Waals surface area contributed by atoms with E-state index < -0.39 is 5.91 Å². The summed E-state index contributed by atoms with van der Waals surface area (Å²) in [6, 6.07) is 22.3. The van der Waals surface area contributed by atoms with Crippen LogP contribution in [0.2, 0.25) is 0 Å². The zero-order valence-electron chi connectivity index (χ0n) is 22.5. The van der Waals surface area contributed by atoms with Crippen LogP contribution in [0, 0.1) is 6.92 Å². The molecule has 0 unspecified atom stereocenters. The maximum atomic E-state index is 13.3. The van der Waals surface area contributed by atoms with Crippen LogP contribution in [0.1, 0.15) is 15.9 Å². The lowest BCUT2D eigenvalue weighted by Crippen LogP contribution is -2.40. The molecule has 202 valence electrons. The van der Waals surface area contributed by atoms with Crippen molar-refractivity contribution in [3.05, 3.63) is 90.1 Å². The molecule has 0 saturated heterocycles. The van der Waals surface area contributed by atoms with Crippen LogP contribution in [0.15, 0.2) is 79.0 Å². The Bertz CT molecular complexity index is 1420. The molecular weight excluding hydrogens is 496 g/mol. The first-order chi connectivity index (χ1) is 18.9. The van der Waals surface area contributed by atoms with Gasteiger partial charge in [0.1, 0.15) is 6.54 Å². The van der Waals surface area contributed by atoms with Gasteiger partial charge >= 0.3 is 0 Å². The van der Waals surface area contributed by atoms with Gasteiger partial charge in [-0.25, -0.2) is 4.98 Å². The smallest absolute Gasteiger partial charge is 0.254 e. The minimum atomic E-state index is -0.390. The highest BCUT2D eigenvalue weighted by atomic mass is 16.5. The highest BCUT2D eigenvalue weighted by Crippen LogP contribution is 2.31. The Hall–Kier alpha value is -4.63. The molecule has 0 saturated carbocycles. The molecule has 0 aliphatic carbocycles.